The molecule has 2 aromatic rings. The molecule has 0 aliphatic heterocycles. The topological polar surface area (TPSA) is 81.4 Å². The van der Waals surface area contributed by atoms with Crippen LogP contribution in [0.25, 0.3) is 0 Å². The molecule has 0 heterocycles. The molecule has 0 aliphatic carbocycles. The van der Waals surface area contributed by atoms with E-state index >= 15 is 0 Å². The van der Waals surface area contributed by atoms with Crippen molar-refractivity contribution in [2.45, 2.75) is 0 Å². The number of hydrogen-bond donors (Lipinski definition) is 2. The zero-order chi connectivity index (χ0) is 17.0. The highest BCUT2D eigenvalue weighted by Gasteiger charge is 2.16. The molecule has 0 spiro atoms. The summed E-state index contributed by atoms with van der Waals surface area (Å²) in [4.78, 5) is 22.9. The summed E-state index contributed by atoms with van der Waals surface area (Å²) >= 11 is 0. The van der Waals surface area contributed by atoms with Crippen molar-refractivity contribution >= 4 is 17.5 Å². The molecular formula is C15H11F3N2O3. The number of primary amides is 1. The number of halogens is 3. The molecule has 0 aromatic heterocycles. The van der Waals surface area contributed by atoms with Crippen LogP contribution >= 0.6 is 0 Å². The molecule has 8 heteroatoms. The number of para-hydroxylation sites is 1. The fraction of sp³-hybridized carbons (Fsp3) is 0.0667. The Hall–Kier alpha value is -3.03. The number of amides is 2. The maximum atomic E-state index is 13.4. The van der Waals surface area contributed by atoms with Crippen LogP contribution in [0.5, 0.6) is 5.75 Å². The van der Waals surface area contributed by atoms with E-state index in [0.29, 0.717) is 6.07 Å². The van der Waals surface area contributed by atoms with E-state index in [-0.39, 0.29) is 11.3 Å². The van der Waals surface area contributed by atoms with Crippen molar-refractivity contribution in [1.29, 1.82) is 0 Å². The lowest BCUT2D eigenvalue weighted by molar-refractivity contribution is -0.118. The summed E-state index contributed by atoms with van der Waals surface area (Å²) in [6.45, 7) is -0.581. The molecule has 2 rings (SSSR count). The second-order valence-electron chi connectivity index (χ2n) is 4.42. The first kappa shape index (κ1) is 16.3. The van der Waals surface area contributed by atoms with Crippen LogP contribution < -0.4 is 15.8 Å². The van der Waals surface area contributed by atoms with E-state index in [1.165, 1.54) is 12.1 Å². The third-order valence-corrected chi connectivity index (χ3v) is 2.82. The van der Waals surface area contributed by atoms with Gasteiger partial charge in [0.05, 0.1) is 11.3 Å². The van der Waals surface area contributed by atoms with Crippen molar-refractivity contribution < 1.29 is 27.5 Å². The first-order valence-electron chi connectivity index (χ1n) is 6.35. The van der Waals surface area contributed by atoms with Crippen molar-refractivity contribution in [1.82, 2.24) is 0 Å². The summed E-state index contributed by atoms with van der Waals surface area (Å²) < 4.78 is 44.4. The molecule has 0 saturated heterocycles. The van der Waals surface area contributed by atoms with E-state index in [1.54, 1.807) is 12.1 Å². The van der Waals surface area contributed by atoms with E-state index < -0.39 is 41.6 Å². The van der Waals surface area contributed by atoms with Crippen LogP contribution in [-0.4, -0.2) is 18.4 Å². The average molecular weight is 324 g/mol. The van der Waals surface area contributed by atoms with Gasteiger partial charge in [0.2, 0.25) is 0 Å². The van der Waals surface area contributed by atoms with Crippen LogP contribution in [0, 0.1) is 17.5 Å². The number of nitrogens with one attached hydrogen (secondary N) is 1. The highest BCUT2D eigenvalue weighted by Crippen LogP contribution is 2.20. The van der Waals surface area contributed by atoms with Gasteiger partial charge in [-0.05, 0) is 24.3 Å². The first-order valence-corrected chi connectivity index (χ1v) is 6.35. The summed E-state index contributed by atoms with van der Waals surface area (Å²) in [5.41, 5.74) is 4.69. The molecule has 0 saturated carbocycles. The molecular weight excluding hydrogens is 313 g/mol. The minimum absolute atomic E-state index is 0.0688. The van der Waals surface area contributed by atoms with Gasteiger partial charge in [-0.3, -0.25) is 9.59 Å². The normalized spacial score (nSPS) is 10.2. The molecule has 0 aliphatic rings. The summed E-state index contributed by atoms with van der Waals surface area (Å²) in [7, 11) is 0. The predicted molar refractivity (Wildman–Crippen MR) is 75.4 cm³/mol. The fourth-order valence-electron chi connectivity index (χ4n) is 1.75. The van der Waals surface area contributed by atoms with Crippen LogP contribution in [0.15, 0.2) is 36.4 Å². The number of benzene rings is 2. The second-order valence-corrected chi connectivity index (χ2v) is 4.42. The van der Waals surface area contributed by atoms with Gasteiger partial charge in [0.25, 0.3) is 11.8 Å². The summed E-state index contributed by atoms with van der Waals surface area (Å²) in [6, 6.07) is 7.51. The van der Waals surface area contributed by atoms with Crippen LogP contribution in [0.4, 0.5) is 18.9 Å². The van der Waals surface area contributed by atoms with Crippen molar-refractivity contribution in [3.05, 3.63) is 59.4 Å². The van der Waals surface area contributed by atoms with Crippen molar-refractivity contribution in [3.63, 3.8) is 0 Å². The van der Waals surface area contributed by atoms with E-state index in [1.807, 2.05) is 5.32 Å². The predicted octanol–water partition coefficient (Wildman–Crippen LogP) is 2.22. The van der Waals surface area contributed by atoms with Crippen LogP contribution in [-0.2, 0) is 4.79 Å². The Balaban J connectivity index is 2.04. The summed E-state index contributed by atoms with van der Waals surface area (Å²) in [6.07, 6.45) is 0. The molecule has 0 atom stereocenters. The Bertz CT molecular complexity index is 766. The number of nitrogens with two attached hydrogens (primary N) is 1. The number of hydrogen-bond acceptors (Lipinski definition) is 3. The van der Waals surface area contributed by atoms with Gasteiger partial charge in [-0.1, -0.05) is 12.1 Å². The molecule has 0 unspecified atom stereocenters. The lowest BCUT2D eigenvalue weighted by atomic mass is 10.2. The number of ether oxygens (including phenoxy) is 1. The van der Waals surface area contributed by atoms with Gasteiger partial charge in [0.1, 0.15) is 5.75 Å². The SMILES string of the molecule is NC(=O)c1ccccc1OCC(=O)Nc1ccc(F)c(F)c1F. The van der Waals surface area contributed by atoms with Gasteiger partial charge in [-0.2, -0.15) is 0 Å². The Kier molecular flexibility index (Phi) is 4.85. The number of anilines is 1. The van der Waals surface area contributed by atoms with Gasteiger partial charge in [0, 0.05) is 0 Å². The van der Waals surface area contributed by atoms with E-state index in [9.17, 15) is 22.8 Å². The molecule has 0 fully saturated rings. The van der Waals surface area contributed by atoms with Gasteiger partial charge in [-0.15, -0.1) is 0 Å². The fourth-order valence-corrected chi connectivity index (χ4v) is 1.75. The molecule has 0 radical (unpaired) electrons. The lowest BCUT2D eigenvalue weighted by Gasteiger charge is -2.10. The number of rotatable bonds is 5. The molecule has 23 heavy (non-hydrogen) atoms. The Morgan fingerprint density at radius 2 is 1.74 bits per heavy atom. The van der Waals surface area contributed by atoms with Crippen LogP contribution in [0.3, 0.4) is 0 Å². The highest BCUT2D eigenvalue weighted by atomic mass is 19.2. The van der Waals surface area contributed by atoms with E-state index in [4.69, 9.17) is 10.5 Å². The first-order chi connectivity index (χ1) is 10.9. The number of carbonyl (C=O) groups is 2. The molecule has 3 N–H and O–H groups in total. The third kappa shape index (κ3) is 3.79. The zero-order valence-corrected chi connectivity index (χ0v) is 11.6. The third-order valence-electron chi connectivity index (χ3n) is 2.82. The highest BCUT2D eigenvalue weighted by molar-refractivity contribution is 5.96. The lowest BCUT2D eigenvalue weighted by Crippen LogP contribution is -2.22. The van der Waals surface area contributed by atoms with Gasteiger partial charge in [-0.25, -0.2) is 13.2 Å². The van der Waals surface area contributed by atoms with Gasteiger partial charge >= 0.3 is 0 Å². The zero-order valence-electron chi connectivity index (χ0n) is 11.6. The Morgan fingerprint density at radius 1 is 1.04 bits per heavy atom. The van der Waals surface area contributed by atoms with E-state index in [2.05, 4.69) is 0 Å². The minimum atomic E-state index is -1.69. The maximum Gasteiger partial charge on any atom is 0.262 e. The van der Waals surface area contributed by atoms with Crippen LogP contribution in [0.2, 0.25) is 0 Å². The molecule has 120 valence electrons. The molecule has 2 aromatic carbocycles. The molecule has 2 amide bonds. The molecule has 5 nitrogen and oxygen atoms in total. The van der Waals surface area contributed by atoms with Crippen LogP contribution in [0.1, 0.15) is 10.4 Å². The van der Waals surface area contributed by atoms with Crippen molar-refractivity contribution in [2.75, 3.05) is 11.9 Å². The van der Waals surface area contributed by atoms with Crippen molar-refractivity contribution in [2.24, 2.45) is 5.73 Å². The maximum absolute atomic E-state index is 13.4. The minimum Gasteiger partial charge on any atom is -0.483 e. The van der Waals surface area contributed by atoms with Crippen molar-refractivity contribution in [3.8, 4) is 5.75 Å². The van der Waals surface area contributed by atoms with Gasteiger partial charge < -0.3 is 15.8 Å². The largest absolute Gasteiger partial charge is 0.483 e. The Labute approximate surface area is 128 Å². The summed E-state index contributed by atoms with van der Waals surface area (Å²) in [5, 5.41) is 2.04. The quantitative estimate of drug-likeness (QED) is 0.828. The second kappa shape index (κ2) is 6.82. The smallest absolute Gasteiger partial charge is 0.262 e. The average Bonchev–Trinajstić information content (AvgIpc) is 2.53. The monoisotopic (exact) mass is 324 g/mol. The molecule has 0 bridgehead atoms. The number of carbonyl (C=O) groups excluding carboxylic acids is 2. The van der Waals surface area contributed by atoms with Gasteiger partial charge in [0.15, 0.2) is 24.1 Å². The summed E-state index contributed by atoms with van der Waals surface area (Å²) in [5.74, 6) is -6.08. The van der Waals surface area contributed by atoms with E-state index in [0.717, 1.165) is 6.07 Å². The Morgan fingerprint density at radius 3 is 2.43 bits per heavy atom. The standard InChI is InChI=1S/C15H11F3N2O3/c16-9-5-6-10(14(18)13(9)17)20-12(21)7-23-11-4-2-1-3-8(11)15(19)22/h1-6H,7H2,(H2,19,22)(H,20,21).